The van der Waals surface area contributed by atoms with Gasteiger partial charge in [-0.15, -0.1) is 0 Å². The zero-order chi connectivity index (χ0) is 20.8. The minimum Gasteiger partial charge on any atom is -0.497 e. The van der Waals surface area contributed by atoms with E-state index < -0.39 is 0 Å². The van der Waals surface area contributed by atoms with Crippen LogP contribution >= 0.6 is 0 Å². The number of methoxy groups -OCH3 is 1. The van der Waals surface area contributed by atoms with Crippen LogP contribution in [0.3, 0.4) is 0 Å². The molecule has 0 bridgehead atoms. The Morgan fingerprint density at radius 2 is 1.97 bits per heavy atom. The molecule has 5 heteroatoms. The Morgan fingerprint density at radius 3 is 2.73 bits per heavy atom. The van der Waals surface area contributed by atoms with Gasteiger partial charge in [-0.2, -0.15) is 0 Å². The summed E-state index contributed by atoms with van der Waals surface area (Å²) in [4.78, 5) is 19.6. The SMILES string of the molecule is COc1ccc(-c2ccccc2NC(=O)C2CCCN(Cc3cccnc3)C2)cc1. The third-order valence-corrected chi connectivity index (χ3v) is 5.59. The highest BCUT2D eigenvalue weighted by atomic mass is 16.5. The molecular weight excluding hydrogens is 374 g/mol. The molecule has 0 aliphatic carbocycles. The number of anilines is 1. The molecule has 1 aliphatic heterocycles. The molecule has 1 aromatic heterocycles. The number of nitrogens with one attached hydrogen (secondary N) is 1. The van der Waals surface area contributed by atoms with Gasteiger partial charge in [-0.1, -0.05) is 36.4 Å². The Bertz CT molecular complexity index is 973. The lowest BCUT2D eigenvalue weighted by molar-refractivity contribution is -0.121. The maximum Gasteiger partial charge on any atom is 0.228 e. The van der Waals surface area contributed by atoms with Crippen molar-refractivity contribution in [3.8, 4) is 16.9 Å². The van der Waals surface area contributed by atoms with Crippen molar-refractivity contribution < 1.29 is 9.53 Å². The Labute approximate surface area is 177 Å². The average molecular weight is 402 g/mol. The summed E-state index contributed by atoms with van der Waals surface area (Å²) < 4.78 is 5.25. The van der Waals surface area contributed by atoms with E-state index in [9.17, 15) is 4.79 Å². The molecule has 0 saturated carbocycles. The molecule has 1 N–H and O–H groups in total. The Kier molecular flexibility index (Phi) is 6.40. The van der Waals surface area contributed by atoms with Gasteiger partial charge in [0.1, 0.15) is 5.75 Å². The molecule has 0 spiro atoms. The van der Waals surface area contributed by atoms with E-state index in [-0.39, 0.29) is 11.8 Å². The highest BCUT2D eigenvalue weighted by Gasteiger charge is 2.26. The van der Waals surface area contributed by atoms with Crippen molar-refractivity contribution in [1.82, 2.24) is 9.88 Å². The van der Waals surface area contributed by atoms with Crippen molar-refractivity contribution in [2.45, 2.75) is 19.4 Å². The summed E-state index contributed by atoms with van der Waals surface area (Å²) >= 11 is 0. The normalized spacial score (nSPS) is 16.8. The monoisotopic (exact) mass is 401 g/mol. The minimum absolute atomic E-state index is 0.0145. The van der Waals surface area contributed by atoms with Crippen LogP contribution in [0.15, 0.2) is 73.1 Å². The van der Waals surface area contributed by atoms with E-state index >= 15 is 0 Å². The molecule has 154 valence electrons. The molecule has 1 fully saturated rings. The summed E-state index contributed by atoms with van der Waals surface area (Å²) in [6, 6.07) is 19.9. The molecule has 1 aliphatic rings. The first-order valence-electron chi connectivity index (χ1n) is 10.4. The molecule has 2 heterocycles. The minimum atomic E-state index is -0.0145. The lowest BCUT2D eigenvalue weighted by Gasteiger charge is -2.32. The zero-order valence-electron chi connectivity index (χ0n) is 17.3. The summed E-state index contributed by atoms with van der Waals surface area (Å²) in [6.07, 6.45) is 5.63. The zero-order valence-corrected chi connectivity index (χ0v) is 17.3. The topological polar surface area (TPSA) is 54.5 Å². The fourth-order valence-electron chi connectivity index (χ4n) is 4.01. The van der Waals surface area contributed by atoms with Gasteiger partial charge in [0.05, 0.1) is 13.0 Å². The fraction of sp³-hybridized carbons (Fsp3) is 0.280. The fourth-order valence-corrected chi connectivity index (χ4v) is 4.01. The van der Waals surface area contributed by atoms with Crippen LogP contribution in [0.2, 0.25) is 0 Å². The summed E-state index contributed by atoms with van der Waals surface area (Å²) in [5.41, 5.74) is 4.09. The Morgan fingerprint density at radius 1 is 1.13 bits per heavy atom. The third kappa shape index (κ3) is 4.86. The molecule has 1 amide bonds. The van der Waals surface area contributed by atoms with Crippen molar-refractivity contribution in [1.29, 1.82) is 0 Å². The van der Waals surface area contributed by atoms with Crippen LogP contribution in [0.25, 0.3) is 11.1 Å². The Balaban J connectivity index is 1.44. The lowest BCUT2D eigenvalue weighted by atomic mass is 9.96. The molecule has 4 rings (SSSR count). The number of ether oxygens (including phenoxy) is 1. The maximum absolute atomic E-state index is 13.1. The van der Waals surface area contributed by atoms with Crippen LogP contribution in [0.4, 0.5) is 5.69 Å². The van der Waals surface area contributed by atoms with Crippen molar-refractivity contribution in [2.75, 3.05) is 25.5 Å². The highest BCUT2D eigenvalue weighted by molar-refractivity contribution is 5.97. The average Bonchev–Trinajstić information content (AvgIpc) is 2.80. The summed E-state index contributed by atoms with van der Waals surface area (Å²) in [5.74, 6) is 0.891. The van der Waals surface area contributed by atoms with Gasteiger partial charge in [-0.3, -0.25) is 14.7 Å². The van der Waals surface area contributed by atoms with Crippen LogP contribution in [-0.2, 0) is 11.3 Å². The van der Waals surface area contributed by atoms with Crippen LogP contribution in [-0.4, -0.2) is 36.0 Å². The van der Waals surface area contributed by atoms with Gasteiger partial charge in [-0.05, 0) is 54.8 Å². The number of hydrogen-bond donors (Lipinski definition) is 1. The first-order chi connectivity index (χ1) is 14.7. The van der Waals surface area contributed by atoms with E-state index in [1.165, 1.54) is 5.56 Å². The summed E-state index contributed by atoms with van der Waals surface area (Å²) in [5, 5.41) is 3.18. The third-order valence-electron chi connectivity index (χ3n) is 5.59. The smallest absolute Gasteiger partial charge is 0.228 e. The quantitative estimate of drug-likeness (QED) is 0.655. The molecule has 0 radical (unpaired) electrons. The van der Waals surface area contributed by atoms with Gasteiger partial charge >= 0.3 is 0 Å². The van der Waals surface area contributed by atoms with Crippen molar-refractivity contribution in [3.05, 3.63) is 78.6 Å². The molecule has 2 aromatic carbocycles. The van der Waals surface area contributed by atoms with Crippen molar-refractivity contribution >= 4 is 11.6 Å². The second kappa shape index (κ2) is 9.55. The molecule has 5 nitrogen and oxygen atoms in total. The van der Waals surface area contributed by atoms with E-state index in [0.717, 1.165) is 55.0 Å². The molecule has 1 saturated heterocycles. The van der Waals surface area contributed by atoms with Gasteiger partial charge in [-0.25, -0.2) is 0 Å². The number of carbonyl (C=O) groups excluding carboxylic acids is 1. The standard InChI is InChI=1S/C25H27N3O2/c1-30-22-12-10-20(11-13-22)23-8-2-3-9-24(23)27-25(29)21-7-5-15-28(18-21)17-19-6-4-14-26-16-19/h2-4,6,8-14,16,21H,5,7,15,17-18H2,1H3,(H,27,29). The van der Waals surface area contributed by atoms with Gasteiger partial charge in [0.2, 0.25) is 5.91 Å². The van der Waals surface area contributed by atoms with E-state index in [1.54, 1.807) is 13.3 Å². The van der Waals surface area contributed by atoms with Crippen molar-refractivity contribution in [3.63, 3.8) is 0 Å². The number of rotatable bonds is 6. The van der Waals surface area contributed by atoms with Crippen LogP contribution in [0.5, 0.6) is 5.75 Å². The first-order valence-corrected chi connectivity index (χ1v) is 10.4. The maximum atomic E-state index is 13.1. The number of aromatic nitrogens is 1. The molecule has 3 aromatic rings. The summed E-state index contributed by atoms with van der Waals surface area (Å²) in [6.45, 7) is 2.62. The van der Waals surface area contributed by atoms with E-state index in [1.807, 2.05) is 60.8 Å². The highest BCUT2D eigenvalue weighted by Crippen LogP contribution is 2.30. The van der Waals surface area contributed by atoms with E-state index in [2.05, 4.69) is 21.3 Å². The number of hydrogen-bond acceptors (Lipinski definition) is 4. The Hall–Kier alpha value is -3.18. The van der Waals surface area contributed by atoms with Crippen LogP contribution in [0, 0.1) is 5.92 Å². The molecule has 1 unspecified atom stereocenters. The molecule has 30 heavy (non-hydrogen) atoms. The number of nitrogens with zero attached hydrogens (tertiary/aromatic N) is 2. The van der Waals surface area contributed by atoms with Crippen molar-refractivity contribution in [2.24, 2.45) is 5.92 Å². The van der Waals surface area contributed by atoms with Gasteiger partial charge < -0.3 is 10.1 Å². The number of carbonyl (C=O) groups is 1. The predicted molar refractivity (Wildman–Crippen MR) is 119 cm³/mol. The lowest BCUT2D eigenvalue weighted by Crippen LogP contribution is -2.40. The number of likely N-dealkylation sites (tertiary alicyclic amines) is 1. The van der Waals surface area contributed by atoms with Crippen LogP contribution < -0.4 is 10.1 Å². The second-order valence-electron chi connectivity index (χ2n) is 7.70. The van der Waals surface area contributed by atoms with E-state index in [0.29, 0.717) is 0 Å². The predicted octanol–water partition coefficient (Wildman–Crippen LogP) is 4.61. The number of benzene rings is 2. The van der Waals surface area contributed by atoms with Gasteiger partial charge in [0.25, 0.3) is 0 Å². The largest absolute Gasteiger partial charge is 0.497 e. The summed E-state index contributed by atoms with van der Waals surface area (Å²) in [7, 11) is 1.66. The van der Waals surface area contributed by atoms with Gasteiger partial charge in [0.15, 0.2) is 0 Å². The molecule has 1 atom stereocenters. The number of piperidine rings is 1. The number of pyridine rings is 1. The van der Waals surface area contributed by atoms with E-state index in [4.69, 9.17) is 4.74 Å². The molecular formula is C25H27N3O2. The van der Waals surface area contributed by atoms with Crippen LogP contribution in [0.1, 0.15) is 18.4 Å². The second-order valence-corrected chi connectivity index (χ2v) is 7.70. The number of amides is 1. The van der Waals surface area contributed by atoms with Gasteiger partial charge in [0, 0.05) is 36.7 Å². The first kappa shape index (κ1) is 20.1. The number of para-hydroxylation sites is 1.